The lowest BCUT2D eigenvalue weighted by Crippen LogP contribution is -2.08. The summed E-state index contributed by atoms with van der Waals surface area (Å²) in [6.07, 6.45) is 0. The molecule has 0 heterocycles. The Hall–Kier alpha value is -0.910. The Morgan fingerprint density at radius 2 is 1.19 bits per heavy atom. The van der Waals surface area contributed by atoms with E-state index in [0.29, 0.717) is 0 Å². The van der Waals surface area contributed by atoms with Gasteiger partial charge in [-0.25, -0.2) is 0 Å². The molecule has 1 aromatic carbocycles. The zero-order valence-electron chi connectivity index (χ0n) is 10.2. The molecular weight excluding hydrogens is 228 g/mol. The highest BCUT2D eigenvalue weighted by atomic mass is 32.2. The molecule has 94 valence electrons. The smallest absolute Gasteiger partial charge is 0.291 e. The maximum atomic E-state index is 10.3. The summed E-state index contributed by atoms with van der Waals surface area (Å²) in [5.74, 6) is -0.385. The van der Waals surface area contributed by atoms with Crippen LogP contribution in [0, 0.1) is 0 Å². The SMILES string of the molecule is CC.COCS(=O)(=O)OC.c1ccccc1. The van der Waals surface area contributed by atoms with Crippen LogP contribution in [0.1, 0.15) is 13.8 Å². The summed E-state index contributed by atoms with van der Waals surface area (Å²) in [6, 6.07) is 12.0. The minimum Gasteiger partial charge on any atom is -0.366 e. The van der Waals surface area contributed by atoms with Crippen LogP contribution in [0.25, 0.3) is 0 Å². The van der Waals surface area contributed by atoms with Crippen LogP contribution in [-0.2, 0) is 19.0 Å². The highest BCUT2D eigenvalue weighted by Gasteiger charge is 2.04. The average Bonchev–Trinajstić information content (AvgIpc) is 2.35. The molecule has 16 heavy (non-hydrogen) atoms. The van der Waals surface area contributed by atoms with Crippen LogP contribution in [0.5, 0.6) is 0 Å². The van der Waals surface area contributed by atoms with Crippen molar-refractivity contribution in [2.24, 2.45) is 0 Å². The Bertz CT molecular complexity index is 281. The fourth-order valence-corrected chi connectivity index (χ4v) is 0.962. The molecule has 0 atom stereocenters. The minimum absolute atomic E-state index is 0.385. The van der Waals surface area contributed by atoms with Gasteiger partial charge in [0, 0.05) is 7.11 Å². The molecule has 1 rings (SSSR count). The highest BCUT2D eigenvalue weighted by Crippen LogP contribution is 1.87. The molecule has 0 radical (unpaired) electrons. The van der Waals surface area contributed by atoms with Gasteiger partial charge < -0.3 is 4.74 Å². The molecule has 0 aromatic heterocycles. The van der Waals surface area contributed by atoms with E-state index in [2.05, 4.69) is 8.92 Å². The third kappa shape index (κ3) is 13.1. The third-order valence-corrected chi connectivity index (χ3v) is 2.22. The molecule has 0 aliphatic heterocycles. The molecule has 0 aliphatic carbocycles. The van der Waals surface area contributed by atoms with Crippen LogP contribution in [-0.4, -0.2) is 28.6 Å². The van der Waals surface area contributed by atoms with E-state index in [4.69, 9.17) is 0 Å². The zero-order chi connectivity index (χ0) is 12.9. The Morgan fingerprint density at radius 1 is 0.875 bits per heavy atom. The summed E-state index contributed by atoms with van der Waals surface area (Å²) in [7, 11) is -1.01. The van der Waals surface area contributed by atoms with Crippen molar-refractivity contribution < 1.29 is 17.3 Å². The molecule has 0 fully saturated rings. The van der Waals surface area contributed by atoms with Gasteiger partial charge in [0.1, 0.15) is 0 Å². The number of ether oxygens (including phenoxy) is 1. The molecule has 0 saturated carbocycles. The van der Waals surface area contributed by atoms with E-state index < -0.39 is 10.1 Å². The molecule has 0 unspecified atom stereocenters. The van der Waals surface area contributed by atoms with Crippen molar-refractivity contribution in [2.75, 3.05) is 20.2 Å². The second-order valence-corrected chi connectivity index (χ2v) is 3.97. The summed E-state index contributed by atoms with van der Waals surface area (Å²) < 4.78 is 28.8. The molecule has 5 heteroatoms. The summed E-state index contributed by atoms with van der Waals surface area (Å²) in [5.41, 5.74) is 0. The first-order valence-electron chi connectivity index (χ1n) is 4.89. The maximum Gasteiger partial charge on any atom is 0.291 e. The highest BCUT2D eigenvalue weighted by molar-refractivity contribution is 7.86. The first-order chi connectivity index (χ1) is 7.62. The van der Waals surface area contributed by atoms with Crippen molar-refractivity contribution in [3.63, 3.8) is 0 Å². The summed E-state index contributed by atoms with van der Waals surface area (Å²) in [6.45, 7) is 4.00. The van der Waals surface area contributed by atoms with Gasteiger partial charge in [0.05, 0.1) is 7.11 Å². The molecule has 4 nitrogen and oxygen atoms in total. The molecule has 1 aromatic rings. The lowest BCUT2D eigenvalue weighted by molar-refractivity contribution is 0.233. The van der Waals surface area contributed by atoms with Gasteiger partial charge in [-0.3, -0.25) is 4.18 Å². The van der Waals surface area contributed by atoms with Crippen LogP contribution in [0.3, 0.4) is 0 Å². The zero-order valence-corrected chi connectivity index (χ0v) is 11.0. The van der Waals surface area contributed by atoms with Gasteiger partial charge in [0.15, 0.2) is 5.94 Å². The fourth-order valence-electron chi connectivity index (χ4n) is 0.577. The molecule has 0 amide bonds. The van der Waals surface area contributed by atoms with Crippen LogP contribution in [0.4, 0.5) is 0 Å². The maximum absolute atomic E-state index is 10.3. The third-order valence-electron chi connectivity index (χ3n) is 1.18. The Morgan fingerprint density at radius 3 is 1.31 bits per heavy atom. The Kier molecular flexibility index (Phi) is 13.3. The van der Waals surface area contributed by atoms with Gasteiger partial charge in [0.25, 0.3) is 10.1 Å². The van der Waals surface area contributed by atoms with Crippen molar-refractivity contribution in [3.05, 3.63) is 36.4 Å². The van der Waals surface area contributed by atoms with E-state index in [1.807, 2.05) is 50.2 Å². The second-order valence-electron chi connectivity index (χ2n) is 2.29. The number of methoxy groups -OCH3 is 1. The molecule has 0 spiro atoms. The van der Waals surface area contributed by atoms with Gasteiger partial charge in [-0.05, 0) is 0 Å². The molecule has 0 N–H and O–H groups in total. The lowest BCUT2D eigenvalue weighted by Gasteiger charge is -1.95. The van der Waals surface area contributed by atoms with Crippen LogP contribution >= 0.6 is 0 Å². The number of benzene rings is 1. The average molecular weight is 248 g/mol. The van der Waals surface area contributed by atoms with E-state index >= 15 is 0 Å². The van der Waals surface area contributed by atoms with Gasteiger partial charge in [-0.15, -0.1) is 0 Å². The van der Waals surface area contributed by atoms with Gasteiger partial charge in [0.2, 0.25) is 0 Å². The summed E-state index contributed by atoms with van der Waals surface area (Å²) in [5, 5.41) is 0. The van der Waals surface area contributed by atoms with Gasteiger partial charge in [-0.1, -0.05) is 50.2 Å². The molecule has 0 bridgehead atoms. The van der Waals surface area contributed by atoms with E-state index in [1.165, 1.54) is 7.11 Å². The molecule has 0 aliphatic rings. The van der Waals surface area contributed by atoms with Crippen molar-refractivity contribution >= 4 is 10.1 Å². The Balaban J connectivity index is 0. The topological polar surface area (TPSA) is 52.6 Å². The number of rotatable bonds is 3. The van der Waals surface area contributed by atoms with Crippen molar-refractivity contribution in [2.45, 2.75) is 13.8 Å². The lowest BCUT2D eigenvalue weighted by atomic mass is 10.4. The van der Waals surface area contributed by atoms with Crippen LogP contribution in [0.15, 0.2) is 36.4 Å². The Labute approximate surface area is 98.3 Å². The number of hydrogen-bond acceptors (Lipinski definition) is 4. The predicted octanol–water partition coefficient (Wildman–Crippen LogP) is 2.28. The van der Waals surface area contributed by atoms with E-state index in [-0.39, 0.29) is 5.94 Å². The van der Waals surface area contributed by atoms with E-state index in [0.717, 1.165) is 7.11 Å². The van der Waals surface area contributed by atoms with Crippen LogP contribution in [0.2, 0.25) is 0 Å². The minimum atomic E-state index is -3.39. The van der Waals surface area contributed by atoms with Gasteiger partial charge in [-0.2, -0.15) is 8.42 Å². The quantitative estimate of drug-likeness (QED) is 0.770. The predicted molar refractivity (Wildman–Crippen MR) is 65.6 cm³/mol. The first kappa shape index (κ1) is 17.5. The number of hydrogen-bond donors (Lipinski definition) is 0. The normalized spacial score (nSPS) is 9.25. The fraction of sp³-hybridized carbons (Fsp3) is 0.455. The molecule has 0 saturated heterocycles. The van der Waals surface area contributed by atoms with Crippen molar-refractivity contribution in [1.82, 2.24) is 0 Å². The molecular formula is C11H20O4S. The second kappa shape index (κ2) is 12.2. The van der Waals surface area contributed by atoms with Gasteiger partial charge >= 0.3 is 0 Å². The monoisotopic (exact) mass is 248 g/mol. The van der Waals surface area contributed by atoms with Crippen molar-refractivity contribution in [3.8, 4) is 0 Å². The standard InChI is InChI=1S/C6H6.C3H8O4S.C2H6/c1-2-4-6-5-3-1;1-6-3-8(4,5)7-2;1-2/h1-6H;3H2,1-2H3;1-2H3. The van der Waals surface area contributed by atoms with E-state index in [1.54, 1.807) is 0 Å². The first-order valence-corrected chi connectivity index (χ1v) is 6.47. The van der Waals surface area contributed by atoms with Crippen LogP contribution < -0.4 is 0 Å². The summed E-state index contributed by atoms with van der Waals surface area (Å²) in [4.78, 5) is 0. The summed E-state index contributed by atoms with van der Waals surface area (Å²) >= 11 is 0. The largest absolute Gasteiger partial charge is 0.366 e. The van der Waals surface area contributed by atoms with Crippen molar-refractivity contribution in [1.29, 1.82) is 0 Å². The van der Waals surface area contributed by atoms with E-state index in [9.17, 15) is 8.42 Å².